The van der Waals surface area contributed by atoms with Crippen molar-refractivity contribution in [1.29, 1.82) is 0 Å². The lowest BCUT2D eigenvalue weighted by Gasteiger charge is -2.23. The van der Waals surface area contributed by atoms with Gasteiger partial charge in [-0.2, -0.15) is 0 Å². The van der Waals surface area contributed by atoms with Crippen molar-refractivity contribution in [3.63, 3.8) is 0 Å². The third kappa shape index (κ3) is 17.1. The Morgan fingerprint density at radius 3 is 1.08 bits per heavy atom. The average molecular weight is 362 g/mol. The summed E-state index contributed by atoms with van der Waals surface area (Å²) in [4.78, 5) is 0. The van der Waals surface area contributed by atoms with Crippen LogP contribution in [0.4, 0.5) is 4.32 Å². The number of halogens is 1. The van der Waals surface area contributed by atoms with Crippen LogP contribution in [0.2, 0.25) is 0 Å². The number of hydrogen-bond acceptors (Lipinski definition) is 2. The molecule has 0 saturated carbocycles. The van der Waals surface area contributed by atoms with E-state index in [-0.39, 0.29) is 0 Å². The van der Waals surface area contributed by atoms with Crippen LogP contribution in [0.15, 0.2) is 60.7 Å². The first-order valence-electron chi connectivity index (χ1n) is 8.53. The number of rotatable bonds is 4. The van der Waals surface area contributed by atoms with E-state index >= 15 is 0 Å². The SMILES string of the molecule is C[N+](C)(C)Cc1ccccc1.C[N+](C)(C)Cc1ccccc1.[O-]B([O-])F. The van der Waals surface area contributed by atoms with E-state index in [4.69, 9.17) is 10.0 Å². The van der Waals surface area contributed by atoms with Gasteiger partial charge < -0.3 is 23.3 Å². The fourth-order valence-corrected chi connectivity index (χ4v) is 2.26. The summed E-state index contributed by atoms with van der Waals surface area (Å²) in [5, 5.41) is 16.6. The van der Waals surface area contributed by atoms with Gasteiger partial charge in [-0.25, -0.2) is 0 Å². The maximum Gasteiger partial charge on any atom is 0.121 e. The molecule has 26 heavy (non-hydrogen) atoms. The van der Waals surface area contributed by atoms with Crippen molar-refractivity contribution >= 4 is 7.40 Å². The molecule has 0 atom stereocenters. The summed E-state index contributed by atoms with van der Waals surface area (Å²) in [6.45, 7) is 2.20. The molecule has 0 aliphatic rings. The molecule has 144 valence electrons. The average Bonchev–Trinajstić information content (AvgIpc) is 2.46. The van der Waals surface area contributed by atoms with Gasteiger partial charge in [0, 0.05) is 11.1 Å². The number of nitrogens with zero attached hydrogens (tertiary/aromatic N) is 2. The summed E-state index contributed by atoms with van der Waals surface area (Å²) in [7, 11) is 10.0. The molecule has 0 heterocycles. The highest BCUT2D eigenvalue weighted by molar-refractivity contribution is 6.27. The van der Waals surface area contributed by atoms with E-state index in [9.17, 15) is 4.32 Å². The molecule has 0 aliphatic carbocycles. The van der Waals surface area contributed by atoms with E-state index in [1.807, 2.05) is 0 Å². The minimum absolute atomic E-state index is 0.990. The Hall–Kier alpha value is -1.73. The van der Waals surface area contributed by atoms with Crippen LogP contribution in [-0.4, -0.2) is 58.6 Å². The Labute approximate surface area is 158 Å². The van der Waals surface area contributed by atoms with Gasteiger partial charge in [0.1, 0.15) is 20.5 Å². The normalized spacial score (nSPS) is 10.8. The van der Waals surface area contributed by atoms with Crippen molar-refractivity contribution in [2.45, 2.75) is 13.1 Å². The Balaban J connectivity index is 0.000000401. The van der Waals surface area contributed by atoms with Gasteiger partial charge in [-0.05, 0) is 0 Å². The lowest BCUT2D eigenvalue weighted by atomic mass is 10.2. The van der Waals surface area contributed by atoms with Crippen molar-refractivity contribution in [3.05, 3.63) is 71.8 Å². The van der Waals surface area contributed by atoms with Gasteiger partial charge in [0.25, 0.3) is 0 Å². The van der Waals surface area contributed by atoms with Gasteiger partial charge in [-0.3, -0.25) is 0 Å². The first kappa shape index (κ1) is 24.3. The Bertz CT molecular complexity index is 528. The lowest BCUT2D eigenvalue weighted by Crippen LogP contribution is -2.39. The first-order valence-corrected chi connectivity index (χ1v) is 8.53. The van der Waals surface area contributed by atoms with E-state index in [1.54, 1.807) is 0 Å². The predicted molar refractivity (Wildman–Crippen MR) is 103 cm³/mol. The molecule has 0 radical (unpaired) electrons. The molecule has 0 saturated heterocycles. The zero-order chi connectivity index (χ0) is 20.2. The van der Waals surface area contributed by atoms with Crippen LogP contribution in [0.25, 0.3) is 0 Å². The second-order valence-corrected chi connectivity index (χ2v) is 8.14. The molecule has 2 aromatic carbocycles. The molecule has 2 aromatic rings. The highest BCUT2D eigenvalue weighted by atomic mass is 19.1. The summed E-state index contributed by atoms with van der Waals surface area (Å²) < 4.78 is 11.9. The largest absolute Gasteiger partial charge is 0.867 e. The van der Waals surface area contributed by atoms with E-state index in [0.29, 0.717) is 0 Å². The molecular formula is C20H32BFN2O2. The molecule has 0 fully saturated rings. The second kappa shape index (κ2) is 11.8. The molecule has 6 heteroatoms. The van der Waals surface area contributed by atoms with Crippen molar-refractivity contribution in [2.75, 3.05) is 42.3 Å². The molecule has 0 spiro atoms. The van der Waals surface area contributed by atoms with Gasteiger partial charge in [-0.15, -0.1) is 0 Å². The van der Waals surface area contributed by atoms with E-state index in [1.165, 1.54) is 11.1 Å². The molecule has 0 bridgehead atoms. The lowest BCUT2D eigenvalue weighted by molar-refractivity contribution is -0.884. The number of hydrogen-bond donors (Lipinski definition) is 0. The minimum atomic E-state index is -3.17. The van der Waals surface area contributed by atoms with Gasteiger partial charge in [0.05, 0.1) is 42.3 Å². The summed E-state index contributed by atoms with van der Waals surface area (Å²) in [6.07, 6.45) is 0. The maximum atomic E-state index is 9.89. The fraction of sp³-hybridized carbons (Fsp3) is 0.400. The van der Waals surface area contributed by atoms with Crippen molar-refractivity contribution in [3.8, 4) is 0 Å². The minimum Gasteiger partial charge on any atom is -0.867 e. The van der Waals surface area contributed by atoms with E-state index in [2.05, 4.69) is 103 Å². The summed E-state index contributed by atoms with van der Waals surface area (Å²) in [5.41, 5.74) is 2.81. The molecule has 0 unspecified atom stereocenters. The molecule has 4 nitrogen and oxygen atoms in total. The quantitative estimate of drug-likeness (QED) is 0.611. The summed E-state index contributed by atoms with van der Waals surface area (Å²) in [6, 6.07) is 21.1. The van der Waals surface area contributed by atoms with Gasteiger partial charge in [0.2, 0.25) is 0 Å². The Kier molecular flexibility index (Phi) is 11.0. The van der Waals surface area contributed by atoms with Crippen LogP contribution in [0.1, 0.15) is 11.1 Å². The molecule has 2 rings (SSSR count). The predicted octanol–water partition coefficient (Wildman–Crippen LogP) is 1.45. The number of quaternary nitrogens is 2. The van der Waals surface area contributed by atoms with E-state index in [0.717, 1.165) is 22.1 Å². The third-order valence-corrected chi connectivity index (χ3v) is 3.00. The third-order valence-electron chi connectivity index (χ3n) is 3.00. The van der Waals surface area contributed by atoms with Gasteiger partial charge >= 0.3 is 0 Å². The molecular weight excluding hydrogens is 330 g/mol. The maximum absolute atomic E-state index is 9.89. The van der Waals surface area contributed by atoms with Gasteiger partial charge in [-0.1, -0.05) is 60.7 Å². The van der Waals surface area contributed by atoms with Gasteiger partial charge in [0.15, 0.2) is 0 Å². The van der Waals surface area contributed by atoms with Crippen LogP contribution >= 0.6 is 0 Å². The molecule has 0 aromatic heterocycles. The van der Waals surface area contributed by atoms with E-state index < -0.39 is 7.40 Å². The van der Waals surface area contributed by atoms with Crippen molar-refractivity contribution < 1.29 is 23.3 Å². The Morgan fingerprint density at radius 1 is 0.654 bits per heavy atom. The second-order valence-electron chi connectivity index (χ2n) is 8.14. The van der Waals surface area contributed by atoms with Crippen LogP contribution in [-0.2, 0) is 13.1 Å². The molecule has 0 amide bonds. The zero-order valence-electron chi connectivity index (χ0n) is 16.9. The van der Waals surface area contributed by atoms with Crippen LogP contribution in [0, 0.1) is 0 Å². The highest BCUT2D eigenvalue weighted by Crippen LogP contribution is 2.05. The monoisotopic (exact) mass is 362 g/mol. The number of benzene rings is 2. The topological polar surface area (TPSA) is 46.1 Å². The molecule has 0 aliphatic heterocycles. The zero-order valence-corrected chi connectivity index (χ0v) is 16.9. The first-order chi connectivity index (χ1) is 11.9. The highest BCUT2D eigenvalue weighted by Gasteiger charge is 2.07. The van der Waals surface area contributed by atoms with Crippen LogP contribution in [0.3, 0.4) is 0 Å². The van der Waals surface area contributed by atoms with Crippen LogP contribution in [0.5, 0.6) is 0 Å². The Morgan fingerprint density at radius 2 is 0.885 bits per heavy atom. The van der Waals surface area contributed by atoms with Crippen LogP contribution < -0.4 is 10.0 Å². The standard InChI is InChI=1S/2C10H16N.BFO2/c2*1-11(2,3)9-10-7-5-4-6-8-10;2-1(3)4/h2*4-8H,9H2,1-3H3;/q2*+1;-2. The smallest absolute Gasteiger partial charge is 0.121 e. The fourth-order valence-electron chi connectivity index (χ4n) is 2.26. The molecule has 0 N–H and O–H groups in total. The summed E-state index contributed by atoms with van der Waals surface area (Å²) in [5.74, 6) is 0. The van der Waals surface area contributed by atoms with Crippen molar-refractivity contribution in [2.24, 2.45) is 0 Å². The summed E-state index contributed by atoms with van der Waals surface area (Å²) >= 11 is 0. The van der Waals surface area contributed by atoms with Crippen molar-refractivity contribution in [1.82, 2.24) is 0 Å².